The fourth-order valence-corrected chi connectivity index (χ4v) is 1.35. The zero-order valence-electron chi connectivity index (χ0n) is 8.57. The first-order valence-electron chi connectivity index (χ1n) is 4.82. The van der Waals surface area contributed by atoms with Gasteiger partial charge in [0.05, 0.1) is 0 Å². The van der Waals surface area contributed by atoms with E-state index in [0.717, 1.165) is 12.8 Å². The van der Waals surface area contributed by atoms with Crippen molar-refractivity contribution in [3.8, 4) is 0 Å². The van der Waals surface area contributed by atoms with E-state index >= 15 is 0 Å². The van der Waals surface area contributed by atoms with E-state index in [1.165, 1.54) is 11.1 Å². The van der Waals surface area contributed by atoms with Crippen molar-refractivity contribution in [2.75, 3.05) is 6.54 Å². The van der Waals surface area contributed by atoms with Crippen LogP contribution >= 0.6 is 12.4 Å². The number of hydrogen-bond donors (Lipinski definition) is 2. The van der Waals surface area contributed by atoms with Gasteiger partial charge in [0.15, 0.2) is 0 Å². The van der Waals surface area contributed by atoms with Gasteiger partial charge < -0.3 is 11.5 Å². The third kappa shape index (κ3) is 3.66. The number of rotatable bonds is 4. The fourth-order valence-electron chi connectivity index (χ4n) is 1.35. The van der Waals surface area contributed by atoms with Crippen molar-refractivity contribution in [3.05, 3.63) is 35.4 Å². The molecule has 3 heteroatoms. The summed E-state index contributed by atoms with van der Waals surface area (Å²) in [4.78, 5) is 0. The molecule has 0 bridgehead atoms. The highest BCUT2D eigenvalue weighted by atomic mass is 35.5. The molecule has 1 aromatic carbocycles. The molecule has 0 saturated heterocycles. The predicted octanol–water partition coefficient (Wildman–Crippen LogP) is 2.02. The largest absolute Gasteiger partial charge is 0.330 e. The van der Waals surface area contributed by atoms with Gasteiger partial charge in [-0.25, -0.2) is 0 Å². The fraction of sp³-hybridized carbons (Fsp3) is 0.455. The summed E-state index contributed by atoms with van der Waals surface area (Å²) >= 11 is 0. The average Bonchev–Trinajstić information content (AvgIpc) is 2.18. The minimum Gasteiger partial charge on any atom is -0.330 e. The van der Waals surface area contributed by atoms with E-state index in [0.29, 0.717) is 6.54 Å². The molecule has 0 amide bonds. The van der Waals surface area contributed by atoms with Crippen LogP contribution in [0.3, 0.4) is 0 Å². The van der Waals surface area contributed by atoms with Crippen LogP contribution in [-0.2, 0) is 6.42 Å². The minimum absolute atomic E-state index is 0. The Morgan fingerprint density at radius 1 is 1.21 bits per heavy atom. The predicted molar refractivity (Wildman–Crippen MR) is 63.7 cm³/mol. The van der Waals surface area contributed by atoms with E-state index in [9.17, 15) is 0 Å². The van der Waals surface area contributed by atoms with E-state index in [-0.39, 0.29) is 18.4 Å². The molecule has 1 atom stereocenters. The van der Waals surface area contributed by atoms with Crippen LogP contribution in [0.15, 0.2) is 24.3 Å². The van der Waals surface area contributed by atoms with E-state index in [4.69, 9.17) is 11.5 Å². The average molecular weight is 215 g/mol. The van der Waals surface area contributed by atoms with Crippen molar-refractivity contribution >= 4 is 12.4 Å². The molecule has 4 N–H and O–H groups in total. The topological polar surface area (TPSA) is 52.0 Å². The molecule has 0 radical (unpaired) electrons. The molecule has 0 aliphatic rings. The number of halogens is 1. The third-order valence-corrected chi connectivity index (χ3v) is 2.29. The molecule has 14 heavy (non-hydrogen) atoms. The SMILES string of the molecule is CCc1ccc([C@@H](N)CCN)cc1.Cl. The Hall–Kier alpha value is -0.570. The maximum absolute atomic E-state index is 5.92. The molecule has 1 rings (SSSR count). The summed E-state index contributed by atoms with van der Waals surface area (Å²) in [6.45, 7) is 2.80. The van der Waals surface area contributed by atoms with Gasteiger partial charge >= 0.3 is 0 Å². The van der Waals surface area contributed by atoms with Crippen molar-refractivity contribution in [1.29, 1.82) is 0 Å². The zero-order chi connectivity index (χ0) is 9.68. The Balaban J connectivity index is 0.00000169. The van der Waals surface area contributed by atoms with Crippen LogP contribution < -0.4 is 11.5 Å². The molecule has 0 heterocycles. The zero-order valence-corrected chi connectivity index (χ0v) is 9.39. The number of benzene rings is 1. The number of nitrogens with two attached hydrogens (primary N) is 2. The van der Waals surface area contributed by atoms with Crippen LogP contribution in [0.1, 0.15) is 30.5 Å². The first-order chi connectivity index (χ1) is 6.27. The molecule has 0 saturated carbocycles. The first kappa shape index (κ1) is 13.4. The van der Waals surface area contributed by atoms with Gasteiger partial charge in [-0.2, -0.15) is 0 Å². The number of hydrogen-bond acceptors (Lipinski definition) is 2. The lowest BCUT2D eigenvalue weighted by molar-refractivity contribution is 0.661. The third-order valence-electron chi connectivity index (χ3n) is 2.29. The maximum Gasteiger partial charge on any atom is 0.0306 e. The Labute approximate surface area is 92.1 Å². The molecule has 0 fully saturated rings. The molecular formula is C11H19ClN2. The van der Waals surface area contributed by atoms with Gasteiger partial charge in [-0.1, -0.05) is 31.2 Å². The van der Waals surface area contributed by atoms with Crippen molar-refractivity contribution in [2.45, 2.75) is 25.8 Å². The second-order valence-corrected chi connectivity index (χ2v) is 3.28. The van der Waals surface area contributed by atoms with Gasteiger partial charge in [0, 0.05) is 6.04 Å². The van der Waals surface area contributed by atoms with E-state index in [1.807, 2.05) is 0 Å². The monoisotopic (exact) mass is 214 g/mol. The molecule has 80 valence electrons. The Kier molecular flexibility index (Phi) is 6.54. The Morgan fingerprint density at radius 2 is 1.79 bits per heavy atom. The lowest BCUT2D eigenvalue weighted by Crippen LogP contribution is -2.15. The van der Waals surface area contributed by atoms with Crippen LogP contribution in [0.25, 0.3) is 0 Å². The lowest BCUT2D eigenvalue weighted by atomic mass is 10.0. The summed E-state index contributed by atoms with van der Waals surface area (Å²) in [6.07, 6.45) is 1.93. The normalized spacial score (nSPS) is 11.9. The Bertz CT molecular complexity index is 246. The molecule has 1 aromatic rings. The molecule has 0 aliphatic heterocycles. The number of aryl methyl sites for hydroxylation is 1. The highest BCUT2D eigenvalue weighted by molar-refractivity contribution is 5.85. The van der Waals surface area contributed by atoms with Gasteiger partial charge in [-0.05, 0) is 30.5 Å². The van der Waals surface area contributed by atoms with Gasteiger partial charge in [-0.15, -0.1) is 12.4 Å². The highest BCUT2D eigenvalue weighted by Gasteiger charge is 2.03. The van der Waals surface area contributed by atoms with Crippen LogP contribution in [0.5, 0.6) is 0 Å². The summed E-state index contributed by atoms with van der Waals surface area (Å²) in [6, 6.07) is 8.55. The maximum atomic E-state index is 5.92. The van der Waals surface area contributed by atoms with Crippen molar-refractivity contribution in [3.63, 3.8) is 0 Å². The lowest BCUT2D eigenvalue weighted by Gasteiger charge is -2.10. The van der Waals surface area contributed by atoms with E-state index < -0.39 is 0 Å². The highest BCUT2D eigenvalue weighted by Crippen LogP contribution is 2.14. The molecule has 0 aromatic heterocycles. The van der Waals surface area contributed by atoms with Gasteiger partial charge in [-0.3, -0.25) is 0 Å². The van der Waals surface area contributed by atoms with E-state index in [2.05, 4.69) is 31.2 Å². The van der Waals surface area contributed by atoms with Crippen LogP contribution in [0.2, 0.25) is 0 Å². The first-order valence-corrected chi connectivity index (χ1v) is 4.82. The van der Waals surface area contributed by atoms with Crippen LogP contribution in [0, 0.1) is 0 Å². The second-order valence-electron chi connectivity index (χ2n) is 3.28. The summed E-state index contributed by atoms with van der Waals surface area (Å²) < 4.78 is 0. The van der Waals surface area contributed by atoms with Gasteiger partial charge in [0.2, 0.25) is 0 Å². The smallest absolute Gasteiger partial charge is 0.0306 e. The standard InChI is InChI=1S/C11H18N2.ClH/c1-2-9-3-5-10(6-4-9)11(13)7-8-12;/h3-6,11H,2,7-8,12-13H2,1H3;1H/t11-;/m0./s1. The molecular weight excluding hydrogens is 196 g/mol. The molecule has 0 unspecified atom stereocenters. The van der Waals surface area contributed by atoms with Crippen LogP contribution in [0.4, 0.5) is 0 Å². The molecule has 0 spiro atoms. The molecule has 2 nitrogen and oxygen atoms in total. The van der Waals surface area contributed by atoms with Crippen LogP contribution in [-0.4, -0.2) is 6.54 Å². The summed E-state index contributed by atoms with van der Waals surface area (Å²) in [7, 11) is 0. The van der Waals surface area contributed by atoms with Gasteiger partial charge in [0.1, 0.15) is 0 Å². The molecule has 0 aliphatic carbocycles. The van der Waals surface area contributed by atoms with Crippen molar-refractivity contribution in [1.82, 2.24) is 0 Å². The summed E-state index contributed by atoms with van der Waals surface area (Å²) in [5.74, 6) is 0. The second kappa shape index (κ2) is 6.82. The summed E-state index contributed by atoms with van der Waals surface area (Å²) in [5, 5.41) is 0. The minimum atomic E-state index is 0. The van der Waals surface area contributed by atoms with Crippen molar-refractivity contribution < 1.29 is 0 Å². The quantitative estimate of drug-likeness (QED) is 0.806. The van der Waals surface area contributed by atoms with Gasteiger partial charge in [0.25, 0.3) is 0 Å². The Morgan fingerprint density at radius 3 is 2.21 bits per heavy atom. The van der Waals surface area contributed by atoms with Crippen molar-refractivity contribution in [2.24, 2.45) is 11.5 Å². The summed E-state index contributed by atoms with van der Waals surface area (Å²) in [5.41, 5.74) is 13.9. The van der Waals surface area contributed by atoms with E-state index in [1.54, 1.807) is 0 Å².